The summed E-state index contributed by atoms with van der Waals surface area (Å²) < 4.78 is 0. The summed E-state index contributed by atoms with van der Waals surface area (Å²) in [6, 6.07) is -10.9. The van der Waals surface area contributed by atoms with Crippen molar-refractivity contribution in [3.05, 3.63) is 0 Å². The molecule has 0 aromatic carbocycles. The molecule has 0 unspecified atom stereocenters. The molecule has 22 nitrogen and oxygen atoms in total. The number of carbonyl (C=O) groups is 8. The number of carboxylic acids is 2. The molecular formula is C29H50N10O12S2. The fourth-order valence-electron chi connectivity index (χ4n) is 4.56. The lowest BCUT2D eigenvalue weighted by Crippen LogP contribution is -2.62. The number of amides is 6. The van der Waals surface area contributed by atoms with Crippen LogP contribution in [0.5, 0.6) is 0 Å². The summed E-state index contributed by atoms with van der Waals surface area (Å²) in [5, 5.41) is 53.2. The number of aliphatic imine (C=N–C) groups is 1. The van der Waals surface area contributed by atoms with Gasteiger partial charge in [0.25, 0.3) is 0 Å². The molecule has 6 amide bonds. The predicted octanol–water partition coefficient (Wildman–Crippen LogP) is -5.35. The molecule has 0 saturated carbocycles. The van der Waals surface area contributed by atoms with Gasteiger partial charge < -0.3 is 69.5 Å². The van der Waals surface area contributed by atoms with Gasteiger partial charge in [0.2, 0.25) is 35.4 Å². The first-order valence-electron chi connectivity index (χ1n) is 16.4. The number of nitrogens with zero attached hydrogens (tertiary/aromatic N) is 1. The van der Waals surface area contributed by atoms with E-state index >= 15 is 0 Å². The van der Waals surface area contributed by atoms with E-state index in [4.69, 9.17) is 17.2 Å². The van der Waals surface area contributed by atoms with Crippen LogP contribution in [0.2, 0.25) is 0 Å². The summed E-state index contributed by atoms with van der Waals surface area (Å²) >= 11 is 0. The highest BCUT2D eigenvalue weighted by molar-refractivity contribution is 8.76. The van der Waals surface area contributed by atoms with Gasteiger partial charge in [-0.2, -0.15) is 0 Å². The van der Waals surface area contributed by atoms with Crippen LogP contribution in [0, 0.1) is 5.92 Å². The van der Waals surface area contributed by atoms with Crippen LogP contribution in [0.15, 0.2) is 4.99 Å². The van der Waals surface area contributed by atoms with E-state index in [1.54, 1.807) is 13.8 Å². The normalized spacial score (nSPS) is 26.8. The average molecular weight is 795 g/mol. The molecule has 1 fully saturated rings. The SMILES string of the molecule is CC(C)C[C@@H]1NC(=O)[C@H]([C@@H](C)O)NC(=O)[C@H](CC(=O)O)NC(=O)[C@H](CO)NC(=O)[C@H](CCCN=C(N)N)NC(=O)[C@@H](N)CSSC[C@@H](C(=O)O)NC1=O. The van der Waals surface area contributed by atoms with Crippen molar-refractivity contribution in [1.82, 2.24) is 31.9 Å². The van der Waals surface area contributed by atoms with Crippen LogP contribution in [0.1, 0.15) is 46.5 Å². The molecule has 8 atom stereocenters. The Bertz CT molecular complexity index is 1350. The number of carbonyl (C=O) groups excluding carboxylic acids is 6. The van der Waals surface area contributed by atoms with Gasteiger partial charge in [0.15, 0.2) is 5.96 Å². The van der Waals surface area contributed by atoms with Crippen molar-refractivity contribution < 1.29 is 58.8 Å². The number of aliphatic hydroxyl groups is 2. The molecule has 300 valence electrons. The maximum atomic E-state index is 13.3. The van der Waals surface area contributed by atoms with Crippen LogP contribution in [0.4, 0.5) is 0 Å². The van der Waals surface area contributed by atoms with Gasteiger partial charge in [0, 0.05) is 18.1 Å². The van der Waals surface area contributed by atoms with Gasteiger partial charge >= 0.3 is 11.9 Å². The zero-order chi connectivity index (χ0) is 40.4. The molecule has 0 bridgehead atoms. The number of aliphatic carboxylic acids is 2. The Morgan fingerprint density at radius 3 is 1.85 bits per heavy atom. The second-order valence-corrected chi connectivity index (χ2v) is 15.0. The van der Waals surface area contributed by atoms with Crippen molar-refractivity contribution in [2.45, 2.75) is 94.9 Å². The third-order valence-electron chi connectivity index (χ3n) is 7.33. The molecular weight excluding hydrogens is 745 g/mol. The number of guanidine groups is 1. The van der Waals surface area contributed by atoms with Gasteiger partial charge in [0.05, 0.1) is 25.2 Å². The van der Waals surface area contributed by atoms with Crippen LogP contribution in [-0.4, -0.2) is 147 Å². The Balaban J connectivity index is 3.58. The maximum Gasteiger partial charge on any atom is 0.327 e. The second-order valence-electron chi connectivity index (χ2n) is 12.4. The zero-order valence-corrected chi connectivity index (χ0v) is 31.0. The van der Waals surface area contributed by atoms with Crippen LogP contribution in [-0.2, 0) is 38.4 Å². The van der Waals surface area contributed by atoms with E-state index in [0.717, 1.165) is 28.5 Å². The Kier molecular flexibility index (Phi) is 20.5. The van der Waals surface area contributed by atoms with Crippen LogP contribution >= 0.6 is 21.6 Å². The largest absolute Gasteiger partial charge is 0.481 e. The number of nitrogens with two attached hydrogens (primary N) is 3. The van der Waals surface area contributed by atoms with Gasteiger partial charge in [-0.15, -0.1) is 0 Å². The van der Waals surface area contributed by atoms with Crippen molar-refractivity contribution in [1.29, 1.82) is 0 Å². The minimum atomic E-state index is -1.92. The number of hydrogen-bond acceptors (Lipinski definition) is 14. The van der Waals surface area contributed by atoms with Gasteiger partial charge in [-0.1, -0.05) is 35.4 Å². The van der Waals surface area contributed by atoms with Gasteiger partial charge in [0.1, 0.15) is 36.3 Å². The summed E-state index contributed by atoms with van der Waals surface area (Å²) in [7, 11) is 1.96. The lowest BCUT2D eigenvalue weighted by atomic mass is 10.0. The third-order valence-corrected chi connectivity index (χ3v) is 9.77. The summed E-state index contributed by atoms with van der Waals surface area (Å²) in [6.45, 7) is 3.55. The van der Waals surface area contributed by atoms with E-state index in [1.807, 2.05) is 0 Å². The highest BCUT2D eigenvalue weighted by Crippen LogP contribution is 2.23. The Morgan fingerprint density at radius 1 is 0.774 bits per heavy atom. The Labute approximate surface area is 312 Å². The molecule has 1 aliphatic heterocycles. The molecule has 16 N–H and O–H groups in total. The molecule has 1 rings (SSSR count). The van der Waals surface area contributed by atoms with Crippen molar-refractivity contribution >= 4 is 74.9 Å². The standard InChI is InChI=1S/C29H50N10O12S2/c1-12(2)7-16-24(46)38-19(28(50)51)11-53-52-10-14(30)22(44)34-15(5-4-6-33-29(31)32)23(45)37-18(9-40)26(48)35-17(8-20(42)43)25(47)39-21(13(3)41)27(49)36-16/h12-19,21,40-41H,4-11,30H2,1-3H3,(H,34,44)(H,35,48)(H,36,49)(H,37,45)(H,38,46)(H,39,47)(H,42,43)(H,50,51)(H4,31,32,33)/t13-,14+,15+,16+,17+,18+,19+,21+/m1/s1. The molecule has 1 saturated heterocycles. The van der Waals surface area contributed by atoms with Crippen molar-refractivity contribution in [3.8, 4) is 0 Å². The number of hydrogen-bond donors (Lipinski definition) is 13. The average Bonchev–Trinajstić information content (AvgIpc) is 3.06. The van der Waals surface area contributed by atoms with Crippen LogP contribution in [0.3, 0.4) is 0 Å². The second kappa shape index (κ2) is 23.3. The Morgan fingerprint density at radius 2 is 1.30 bits per heavy atom. The number of nitrogens with one attached hydrogen (secondary N) is 6. The molecule has 1 aliphatic rings. The fourth-order valence-corrected chi connectivity index (χ4v) is 6.84. The molecule has 0 aromatic heterocycles. The topological polar surface area (TPSA) is 380 Å². The van der Waals surface area contributed by atoms with Gasteiger partial charge in [-0.05, 0) is 32.1 Å². The number of aliphatic hydroxyl groups excluding tert-OH is 2. The van der Waals surface area contributed by atoms with E-state index < -0.39 is 109 Å². The van der Waals surface area contributed by atoms with E-state index in [1.165, 1.54) is 0 Å². The Hall–Kier alpha value is -4.39. The highest BCUT2D eigenvalue weighted by Gasteiger charge is 2.36. The molecule has 0 spiro atoms. The predicted molar refractivity (Wildman–Crippen MR) is 192 cm³/mol. The monoisotopic (exact) mass is 794 g/mol. The minimum absolute atomic E-state index is 0.00249. The first-order chi connectivity index (χ1) is 24.8. The summed E-state index contributed by atoms with van der Waals surface area (Å²) in [4.78, 5) is 107. The van der Waals surface area contributed by atoms with E-state index in [9.17, 15) is 58.8 Å². The molecule has 53 heavy (non-hydrogen) atoms. The van der Waals surface area contributed by atoms with E-state index in [0.29, 0.717) is 0 Å². The molecule has 0 aromatic rings. The first kappa shape index (κ1) is 46.6. The summed E-state index contributed by atoms with van der Waals surface area (Å²) in [5.74, 6) is -10.0. The highest BCUT2D eigenvalue weighted by atomic mass is 33.1. The lowest BCUT2D eigenvalue weighted by Gasteiger charge is -2.28. The fraction of sp³-hybridized carbons (Fsp3) is 0.690. The summed E-state index contributed by atoms with van der Waals surface area (Å²) in [6.07, 6.45) is -2.63. The molecule has 0 aliphatic carbocycles. The van der Waals surface area contributed by atoms with Crippen LogP contribution < -0.4 is 49.1 Å². The molecule has 24 heteroatoms. The first-order valence-corrected chi connectivity index (χ1v) is 18.9. The van der Waals surface area contributed by atoms with Crippen molar-refractivity contribution in [3.63, 3.8) is 0 Å². The van der Waals surface area contributed by atoms with E-state index in [2.05, 4.69) is 36.9 Å². The summed E-state index contributed by atoms with van der Waals surface area (Å²) in [5.41, 5.74) is 16.7. The smallest absolute Gasteiger partial charge is 0.327 e. The number of carboxylic acid groups (broad SMARTS) is 2. The van der Waals surface area contributed by atoms with Gasteiger partial charge in [-0.25, -0.2) is 4.79 Å². The third kappa shape index (κ3) is 17.3. The quantitative estimate of drug-likeness (QED) is 0.0402. The lowest BCUT2D eigenvalue weighted by molar-refractivity contribution is -0.142. The van der Waals surface area contributed by atoms with E-state index in [-0.39, 0.29) is 49.2 Å². The van der Waals surface area contributed by atoms with Crippen molar-refractivity contribution in [2.75, 3.05) is 24.7 Å². The maximum absolute atomic E-state index is 13.3. The molecule has 1 heterocycles. The van der Waals surface area contributed by atoms with Crippen LogP contribution in [0.25, 0.3) is 0 Å². The number of rotatable bonds is 11. The minimum Gasteiger partial charge on any atom is -0.481 e. The zero-order valence-electron chi connectivity index (χ0n) is 29.4. The van der Waals surface area contributed by atoms with Crippen molar-refractivity contribution in [2.24, 2.45) is 28.1 Å². The molecule has 0 radical (unpaired) electrons. The van der Waals surface area contributed by atoms with Gasteiger partial charge in [-0.3, -0.25) is 38.6 Å².